The van der Waals surface area contributed by atoms with Crippen molar-refractivity contribution in [1.82, 2.24) is 4.90 Å². The van der Waals surface area contributed by atoms with Gasteiger partial charge in [0.05, 0.1) is 13.0 Å². The molecular weight excluding hydrogens is 334 g/mol. The lowest BCUT2D eigenvalue weighted by atomic mass is 10.1. The fraction of sp³-hybridized carbons (Fsp3) is 0.300. The van der Waals surface area contributed by atoms with Crippen LogP contribution in [0.5, 0.6) is 11.5 Å². The van der Waals surface area contributed by atoms with Crippen LogP contribution in [-0.4, -0.2) is 37.2 Å². The van der Waals surface area contributed by atoms with E-state index < -0.39 is 5.92 Å². The average Bonchev–Trinajstić information content (AvgIpc) is 3.14. The van der Waals surface area contributed by atoms with Gasteiger partial charge in [-0.1, -0.05) is 37.3 Å². The first-order valence-electron chi connectivity index (χ1n) is 8.39. The Kier molecular flexibility index (Phi) is 5.41. The number of carbonyl (C=O) groups is 2. The lowest BCUT2D eigenvalue weighted by Crippen LogP contribution is -2.36. The highest BCUT2D eigenvalue weighted by atomic mass is 16.7. The van der Waals surface area contributed by atoms with Crippen molar-refractivity contribution in [2.45, 2.75) is 13.5 Å². The summed E-state index contributed by atoms with van der Waals surface area (Å²) in [7, 11) is 1.35. The minimum absolute atomic E-state index is 0.153. The van der Waals surface area contributed by atoms with Gasteiger partial charge in [0.2, 0.25) is 6.79 Å². The predicted octanol–water partition coefficient (Wildman–Crippen LogP) is 2.87. The smallest absolute Gasteiger partial charge is 0.310 e. The van der Waals surface area contributed by atoms with Crippen LogP contribution in [0.3, 0.4) is 0 Å². The molecule has 0 aromatic heterocycles. The summed E-state index contributed by atoms with van der Waals surface area (Å²) in [4.78, 5) is 26.5. The molecule has 1 amide bonds. The van der Waals surface area contributed by atoms with E-state index in [-0.39, 0.29) is 25.2 Å². The van der Waals surface area contributed by atoms with Gasteiger partial charge in [-0.15, -0.1) is 0 Å². The van der Waals surface area contributed by atoms with E-state index in [1.165, 1.54) is 7.11 Å². The Labute approximate surface area is 152 Å². The summed E-state index contributed by atoms with van der Waals surface area (Å²) in [6, 6.07) is 14.8. The van der Waals surface area contributed by atoms with Gasteiger partial charge < -0.3 is 19.1 Å². The third kappa shape index (κ3) is 3.96. The fourth-order valence-electron chi connectivity index (χ4n) is 2.84. The number of methoxy groups -OCH3 is 1. The molecule has 1 unspecified atom stereocenters. The minimum Gasteiger partial charge on any atom is -0.469 e. The number of amides is 1. The first-order valence-corrected chi connectivity index (χ1v) is 8.39. The van der Waals surface area contributed by atoms with Crippen LogP contribution in [0.2, 0.25) is 0 Å². The molecule has 2 aromatic rings. The van der Waals surface area contributed by atoms with E-state index in [1.54, 1.807) is 30.0 Å². The quantitative estimate of drug-likeness (QED) is 0.746. The number of benzene rings is 2. The first kappa shape index (κ1) is 17.8. The second-order valence-corrected chi connectivity index (χ2v) is 6.16. The summed E-state index contributed by atoms with van der Waals surface area (Å²) in [5.41, 5.74) is 1.47. The molecule has 6 nitrogen and oxygen atoms in total. The zero-order valence-corrected chi connectivity index (χ0v) is 14.8. The average molecular weight is 355 g/mol. The van der Waals surface area contributed by atoms with Crippen LogP contribution in [0.25, 0.3) is 0 Å². The highest BCUT2D eigenvalue weighted by Gasteiger charge is 2.24. The second-order valence-electron chi connectivity index (χ2n) is 6.16. The molecule has 0 fully saturated rings. The summed E-state index contributed by atoms with van der Waals surface area (Å²) in [6.45, 7) is 2.56. The number of nitrogens with zero attached hydrogens (tertiary/aromatic N) is 1. The lowest BCUT2D eigenvalue weighted by Gasteiger charge is -2.25. The van der Waals surface area contributed by atoms with Crippen LogP contribution in [0.15, 0.2) is 48.5 Å². The molecule has 1 heterocycles. The second kappa shape index (κ2) is 7.91. The molecule has 2 aromatic carbocycles. The molecule has 0 N–H and O–H groups in total. The van der Waals surface area contributed by atoms with E-state index in [0.717, 1.165) is 5.56 Å². The summed E-state index contributed by atoms with van der Waals surface area (Å²) in [6.07, 6.45) is 0. The Balaban J connectivity index is 1.83. The van der Waals surface area contributed by atoms with Crippen molar-refractivity contribution < 1.29 is 23.8 Å². The van der Waals surface area contributed by atoms with E-state index >= 15 is 0 Å². The third-order valence-corrected chi connectivity index (χ3v) is 4.22. The molecule has 26 heavy (non-hydrogen) atoms. The lowest BCUT2D eigenvalue weighted by molar-refractivity contribution is -0.145. The molecule has 0 bridgehead atoms. The number of rotatable bonds is 6. The summed E-state index contributed by atoms with van der Waals surface area (Å²) >= 11 is 0. The summed E-state index contributed by atoms with van der Waals surface area (Å²) in [5, 5.41) is 0. The Morgan fingerprint density at radius 2 is 1.85 bits per heavy atom. The Morgan fingerprint density at radius 1 is 1.12 bits per heavy atom. The van der Waals surface area contributed by atoms with Crippen molar-refractivity contribution in [3.8, 4) is 11.5 Å². The Morgan fingerprint density at radius 3 is 2.58 bits per heavy atom. The predicted molar refractivity (Wildman–Crippen MR) is 94.9 cm³/mol. The molecule has 6 heteroatoms. The molecule has 1 aliphatic rings. The normalized spacial score (nSPS) is 13.2. The largest absolute Gasteiger partial charge is 0.469 e. The molecule has 0 saturated carbocycles. The standard InChI is InChI=1S/C20H21NO5/c1-14(20(23)24-2)11-21(12-15-6-4-3-5-7-15)19(22)16-8-9-17-18(10-16)26-13-25-17/h3-10,14H,11-13H2,1-2H3. The van der Waals surface area contributed by atoms with Crippen LogP contribution < -0.4 is 9.47 Å². The molecule has 1 aliphatic heterocycles. The zero-order valence-electron chi connectivity index (χ0n) is 14.8. The van der Waals surface area contributed by atoms with Crippen molar-refractivity contribution in [2.75, 3.05) is 20.4 Å². The van der Waals surface area contributed by atoms with Gasteiger partial charge in [-0.3, -0.25) is 9.59 Å². The number of hydrogen-bond acceptors (Lipinski definition) is 5. The van der Waals surface area contributed by atoms with Gasteiger partial charge in [0.15, 0.2) is 11.5 Å². The monoisotopic (exact) mass is 355 g/mol. The molecule has 1 atom stereocenters. The number of esters is 1. The molecule has 0 aliphatic carbocycles. The number of ether oxygens (including phenoxy) is 3. The third-order valence-electron chi connectivity index (χ3n) is 4.22. The first-order chi connectivity index (χ1) is 12.6. The molecule has 3 rings (SSSR count). The van der Waals surface area contributed by atoms with Crippen LogP contribution in [0.4, 0.5) is 0 Å². The van der Waals surface area contributed by atoms with Crippen molar-refractivity contribution >= 4 is 11.9 Å². The molecule has 0 spiro atoms. The number of carbonyl (C=O) groups excluding carboxylic acids is 2. The zero-order chi connectivity index (χ0) is 18.5. The van der Waals surface area contributed by atoms with Gasteiger partial charge >= 0.3 is 5.97 Å². The molecule has 0 saturated heterocycles. The maximum Gasteiger partial charge on any atom is 0.310 e. The van der Waals surface area contributed by atoms with Gasteiger partial charge in [-0.05, 0) is 23.8 Å². The number of hydrogen-bond donors (Lipinski definition) is 0. The summed E-state index contributed by atoms with van der Waals surface area (Å²) in [5.74, 6) is 0.224. The van der Waals surface area contributed by atoms with Crippen LogP contribution in [0, 0.1) is 5.92 Å². The minimum atomic E-state index is -0.429. The van der Waals surface area contributed by atoms with Crippen LogP contribution in [-0.2, 0) is 16.1 Å². The van der Waals surface area contributed by atoms with Crippen molar-refractivity contribution in [1.29, 1.82) is 0 Å². The Bertz CT molecular complexity index is 790. The highest BCUT2D eigenvalue weighted by molar-refractivity contribution is 5.95. The van der Waals surface area contributed by atoms with Crippen LogP contribution in [0.1, 0.15) is 22.8 Å². The maximum absolute atomic E-state index is 13.1. The summed E-state index contributed by atoms with van der Waals surface area (Å²) < 4.78 is 15.4. The van der Waals surface area contributed by atoms with E-state index in [1.807, 2.05) is 30.3 Å². The van der Waals surface area contributed by atoms with Gasteiger partial charge in [-0.2, -0.15) is 0 Å². The molecule has 136 valence electrons. The fourth-order valence-corrected chi connectivity index (χ4v) is 2.84. The van der Waals surface area contributed by atoms with E-state index in [9.17, 15) is 9.59 Å². The van der Waals surface area contributed by atoms with Gasteiger partial charge in [0, 0.05) is 18.7 Å². The molecular formula is C20H21NO5. The van der Waals surface area contributed by atoms with Gasteiger partial charge in [0.1, 0.15) is 0 Å². The van der Waals surface area contributed by atoms with Gasteiger partial charge in [-0.25, -0.2) is 0 Å². The number of fused-ring (bicyclic) bond motifs is 1. The van der Waals surface area contributed by atoms with E-state index in [0.29, 0.717) is 23.6 Å². The van der Waals surface area contributed by atoms with E-state index in [4.69, 9.17) is 14.2 Å². The Hall–Kier alpha value is -3.02. The van der Waals surface area contributed by atoms with Crippen LogP contribution >= 0.6 is 0 Å². The van der Waals surface area contributed by atoms with Gasteiger partial charge in [0.25, 0.3) is 5.91 Å². The highest BCUT2D eigenvalue weighted by Crippen LogP contribution is 2.33. The SMILES string of the molecule is COC(=O)C(C)CN(Cc1ccccc1)C(=O)c1ccc2c(c1)OCO2. The topological polar surface area (TPSA) is 65.1 Å². The molecule has 0 radical (unpaired) electrons. The maximum atomic E-state index is 13.1. The van der Waals surface area contributed by atoms with Crippen molar-refractivity contribution in [3.05, 3.63) is 59.7 Å². The van der Waals surface area contributed by atoms with Crippen molar-refractivity contribution in [2.24, 2.45) is 5.92 Å². The van der Waals surface area contributed by atoms with Crippen molar-refractivity contribution in [3.63, 3.8) is 0 Å². The van der Waals surface area contributed by atoms with E-state index in [2.05, 4.69) is 0 Å².